The van der Waals surface area contributed by atoms with Gasteiger partial charge in [-0.05, 0) is 18.4 Å². The number of ether oxygens (including phenoxy) is 3. The number of hydrogen-bond acceptors (Lipinski definition) is 4. The van der Waals surface area contributed by atoms with Gasteiger partial charge in [-0.3, -0.25) is 4.79 Å². The minimum absolute atomic E-state index is 0.141. The van der Waals surface area contributed by atoms with Crippen LogP contribution in [0.3, 0.4) is 0 Å². The van der Waals surface area contributed by atoms with Gasteiger partial charge < -0.3 is 14.2 Å². The molecule has 0 fully saturated rings. The zero-order chi connectivity index (χ0) is 13.3. The maximum absolute atomic E-state index is 12.0. The Morgan fingerprint density at radius 2 is 1.78 bits per heavy atom. The van der Waals surface area contributed by atoms with Crippen LogP contribution in [-0.2, 0) is 0 Å². The third-order valence-electron chi connectivity index (χ3n) is 3.47. The van der Waals surface area contributed by atoms with Crippen molar-refractivity contribution in [2.24, 2.45) is 0 Å². The number of hydrogen-bond donors (Lipinski definition) is 0. The SMILES string of the molecule is COc1cc2c(c(OC)c1OC)C(C)CCC2=O. The predicted molar refractivity (Wildman–Crippen MR) is 68.1 cm³/mol. The van der Waals surface area contributed by atoms with Crippen LogP contribution in [-0.4, -0.2) is 27.1 Å². The summed E-state index contributed by atoms with van der Waals surface area (Å²) in [5.74, 6) is 2.14. The van der Waals surface area contributed by atoms with Crippen LogP contribution in [0.25, 0.3) is 0 Å². The largest absolute Gasteiger partial charge is 0.493 e. The second-order valence-electron chi connectivity index (χ2n) is 4.47. The number of rotatable bonds is 3. The van der Waals surface area contributed by atoms with Crippen molar-refractivity contribution in [3.63, 3.8) is 0 Å². The van der Waals surface area contributed by atoms with E-state index in [1.54, 1.807) is 27.4 Å². The molecule has 4 heteroatoms. The first kappa shape index (κ1) is 12.7. The van der Waals surface area contributed by atoms with Gasteiger partial charge in [-0.1, -0.05) is 6.92 Å². The van der Waals surface area contributed by atoms with Crippen molar-refractivity contribution in [1.82, 2.24) is 0 Å². The molecule has 0 aliphatic heterocycles. The molecule has 0 aromatic heterocycles. The smallest absolute Gasteiger partial charge is 0.203 e. The average Bonchev–Trinajstić information content (AvgIpc) is 2.40. The van der Waals surface area contributed by atoms with E-state index in [2.05, 4.69) is 6.92 Å². The predicted octanol–water partition coefficient (Wildman–Crippen LogP) is 2.79. The summed E-state index contributed by atoms with van der Waals surface area (Å²) >= 11 is 0. The van der Waals surface area contributed by atoms with E-state index < -0.39 is 0 Å². The Bertz CT molecular complexity index is 479. The minimum Gasteiger partial charge on any atom is -0.493 e. The number of benzene rings is 1. The van der Waals surface area contributed by atoms with Gasteiger partial charge in [0.25, 0.3) is 0 Å². The van der Waals surface area contributed by atoms with Crippen molar-refractivity contribution < 1.29 is 19.0 Å². The summed E-state index contributed by atoms with van der Waals surface area (Å²) in [7, 11) is 4.71. The zero-order valence-electron chi connectivity index (χ0n) is 11.2. The van der Waals surface area contributed by atoms with Crippen LogP contribution in [0.2, 0.25) is 0 Å². The average molecular weight is 250 g/mol. The van der Waals surface area contributed by atoms with E-state index in [1.165, 1.54) is 0 Å². The molecule has 0 saturated heterocycles. The monoisotopic (exact) mass is 250 g/mol. The van der Waals surface area contributed by atoms with Gasteiger partial charge in [0.15, 0.2) is 17.3 Å². The second-order valence-corrected chi connectivity index (χ2v) is 4.47. The molecular formula is C14H18O4. The van der Waals surface area contributed by atoms with Crippen LogP contribution < -0.4 is 14.2 Å². The van der Waals surface area contributed by atoms with Gasteiger partial charge in [-0.2, -0.15) is 0 Å². The topological polar surface area (TPSA) is 44.8 Å². The first-order valence-electron chi connectivity index (χ1n) is 6.00. The molecule has 1 aromatic rings. The van der Waals surface area contributed by atoms with E-state index in [1.807, 2.05) is 0 Å². The van der Waals surface area contributed by atoms with Gasteiger partial charge in [-0.25, -0.2) is 0 Å². The lowest BCUT2D eigenvalue weighted by Gasteiger charge is -2.26. The fourth-order valence-electron chi connectivity index (χ4n) is 2.53. The molecule has 18 heavy (non-hydrogen) atoms. The molecule has 0 bridgehead atoms. The Labute approximate surface area is 107 Å². The number of Topliss-reactive ketones (excluding diaryl/α,β-unsaturated/α-hetero) is 1. The maximum Gasteiger partial charge on any atom is 0.203 e. The van der Waals surface area contributed by atoms with Crippen molar-refractivity contribution in [3.05, 3.63) is 17.2 Å². The molecule has 4 nitrogen and oxygen atoms in total. The van der Waals surface area contributed by atoms with Crippen LogP contribution in [0.1, 0.15) is 41.6 Å². The summed E-state index contributed by atoms with van der Waals surface area (Å²) in [6.45, 7) is 2.10. The van der Waals surface area contributed by atoms with Crippen molar-refractivity contribution in [3.8, 4) is 17.2 Å². The molecule has 0 N–H and O–H groups in total. The summed E-state index contributed by atoms with van der Waals surface area (Å²) in [5.41, 5.74) is 1.63. The first-order valence-corrected chi connectivity index (χ1v) is 6.00. The Balaban J connectivity index is 2.74. The lowest BCUT2D eigenvalue weighted by molar-refractivity contribution is 0.0966. The second kappa shape index (κ2) is 4.88. The highest BCUT2D eigenvalue weighted by Crippen LogP contribution is 2.47. The van der Waals surface area contributed by atoms with Gasteiger partial charge in [0.05, 0.1) is 21.3 Å². The van der Waals surface area contributed by atoms with Crippen LogP contribution >= 0.6 is 0 Å². The molecule has 1 atom stereocenters. The van der Waals surface area contributed by atoms with E-state index in [0.29, 0.717) is 29.2 Å². The van der Waals surface area contributed by atoms with Crippen LogP contribution in [0.5, 0.6) is 17.2 Å². The van der Waals surface area contributed by atoms with Crippen LogP contribution in [0, 0.1) is 0 Å². The molecule has 0 amide bonds. The summed E-state index contributed by atoms with van der Waals surface area (Å²) in [6, 6.07) is 1.76. The fraction of sp³-hybridized carbons (Fsp3) is 0.500. The summed E-state index contributed by atoms with van der Waals surface area (Å²) < 4.78 is 16.1. The minimum atomic E-state index is 0.141. The molecule has 1 aliphatic rings. The summed E-state index contributed by atoms with van der Waals surface area (Å²) in [5, 5.41) is 0. The van der Waals surface area contributed by atoms with Crippen molar-refractivity contribution in [1.29, 1.82) is 0 Å². The Hall–Kier alpha value is -1.71. The molecular weight excluding hydrogens is 232 g/mol. The molecule has 0 saturated carbocycles. The van der Waals surface area contributed by atoms with E-state index >= 15 is 0 Å². The van der Waals surface area contributed by atoms with Crippen LogP contribution in [0.15, 0.2) is 6.07 Å². The highest BCUT2D eigenvalue weighted by atomic mass is 16.5. The van der Waals surface area contributed by atoms with Crippen LogP contribution in [0.4, 0.5) is 0 Å². The van der Waals surface area contributed by atoms with E-state index in [4.69, 9.17) is 14.2 Å². The third-order valence-corrected chi connectivity index (χ3v) is 3.47. The molecule has 0 spiro atoms. The fourth-order valence-corrected chi connectivity index (χ4v) is 2.53. The summed E-state index contributed by atoms with van der Waals surface area (Å²) in [6.07, 6.45) is 1.42. The maximum atomic E-state index is 12.0. The Kier molecular flexibility index (Phi) is 3.45. The Morgan fingerprint density at radius 3 is 2.33 bits per heavy atom. The van der Waals surface area contributed by atoms with Gasteiger partial charge in [0.1, 0.15) is 0 Å². The highest BCUT2D eigenvalue weighted by Gasteiger charge is 2.30. The lowest BCUT2D eigenvalue weighted by Crippen LogP contribution is -2.16. The van der Waals surface area contributed by atoms with Crippen molar-refractivity contribution >= 4 is 5.78 Å². The number of carbonyl (C=O) groups excluding carboxylic acids is 1. The van der Waals surface area contributed by atoms with E-state index in [0.717, 1.165) is 12.0 Å². The molecule has 2 rings (SSSR count). The quantitative estimate of drug-likeness (QED) is 0.827. The number of fused-ring (bicyclic) bond motifs is 1. The first-order chi connectivity index (χ1) is 8.63. The molecule has 1 aromatic carbocycles. The molecule has 0 heterocycles. The third kappa shape index (κ3) is 1.82. The van der Waals surface area contributed by atoms with Crippen molar-refractivity contribution in [2.75, 3.05) is 21.3 Å². The molecule has 1 aliphatic carbocycles. The number of carbonyl (C=O) groups is 1. The number of ketones is 1. The molecule has 98 valence electrons. The van der Waals surface area contributed by atoms with Crippen molar-refractivity contribution in [2.45, 2.75) is 25.7 Å². The van der Waals surface area contributed by atoms with Gasteiger partial charge in [-0.15, -0.1) is 0 Å². The van der Waals surface area contributed by atoms with Gasteiger partial charge in [0, 0.05) is 17.5 Å². The normalized spacial score (nSPS) is 18.2. The Morgan fingerprint density at radius 1 is 1.11 bits per heavy atom. The lowest BCUT2D eigenvalue weighted by atomic mass is 9.82. The standard InChI is InChI=1S/C14H18O4/c1-8-5-6-10(15)9-7-11(16-2)13(17-3)14(18-4)12(8)9/h7-8H,5-6H2,1-4H3. The summed E-state index contributed by atoms with van der Waals surface area (Å²) in [4.78, 5) is 12.0. The van der Waals surface area contributed by atoms with Gasteiger partial charge in [0.2, 0.25) is 5.75 Å². The molecule has 0 radical (unpaired) electrons. The van der Waals surface area contributed by atoms with Gasteiger partial charge >= 0.3 is 0 Å². The molecule has 1 unspecified atom stereocenters. The van der Waals surface area contributed by atoms with E-state index in [-0.39, 0.29) is 11.7 Å². The zero-order valence-corrected chi connectivity index (χ0v) is 11.2. The van der Waals surface area contributed by atoms with E-state index in [9.17, 15) is 4.79 Å². The highest BCUT2D eigenvalue weighted by molar-refractivity contribution is 6.00. The number of methoxy groups -OCH3 is 3.